The second-order valence-corrected chi connectivity index (χ2v) is 4.16. The Kier molecular flexibility index (Phi) is 4.84. The summed E-state index contributed by atoms with van der Waals surface area (Å²) in [6.07, 6.45) is 0. The van der Waals surface area contributed by atoms with Gasteiger partial charge in [-0.1, -0.05) is 19.0 Å². The van der Waals surface area contributed by atoms with Crippen LogP contribution in [0.3, 0.4) is 0 Å². The number of piperazine rings is 1. The van der Waals surface area contributed by atoms with Crippen molar-refractivity contribution in [3.63, 3.8) is 0 Å². The summed E-state index contributed by atoms with van der Waals surface area (Å²) in [4.78, 5) is 4.81. The SMILES string of the molecule is CCN1CCN(CC(C)/C(N)=N/O)CC1. The zero-order valence-corrected chi connectivity index (χ0v) is 9.69. The van der Waals surface area contributed by atoms with Crippen molar-refractivity contribution in [1.29, 1.82) is 0 Å². The fourth-order valence-corrected chi connectivity index (χ4v) is 1.87. The lowest BCUT2D eigenvalue weighted by Gasteiger charge is -2.35. The summed E-state index contributed by atoms with van der Waals surface area (Å²) >= 11 is 0. The van der Waals surface area contributed by atoms with Gasteiger partial charge in [-0.2, -0.15) is 0 Å². The Hall–Kier alpha value is -0.810. The zero-order valence-electron chi connectivity index (χ0n) is 9.69. The van der Waals surface area contributed by atoms with Crippen molar-refractivity contribution in [1.82, 2.24) is 9.80 Å². The highest BCUT2D eigenvalue weighted by atomic mass is 16.4. The maximum atomic E-state index is 8.55. The van der Waals surface area contributed by atoms with E-state index in [0.29, 0.717) is 5.84 Å². The average molecular weight is 214 g/mol. The number of hydrogen-bond acceptors (Lipinski definition) is 4. The lowest BCUT2D eigenvalue weighted by molar-refractivity contribution is 0.131. The molecule has 1 saturated heterocycles. The quantitative estimate of drug-likeness (QED) is 0.299. The first-order chi connectivity index (χ1) is 7.17. The van der Waals surface area contributed by atoms with Gasteiger partial charge >= 0.3 is 0 Å². The van der Waals surface area contributed by atoms with Crippen molar-refractivity contribution in [2.45, 2.75) is 13.8 Å². The Morgan fingerprint density at radius 1 is 1.33 bits per heavy atom. The monoisotopic (exact) mass is 214 g/mol. The lowest BCUT2D eigenvalue weighted by atomic mass is 10.1. The summed E-state index contributed by atoms with van der Waals surface area (Å²) in [6.45, 7) is 10.6. The van der Waals surface area contributed by atoms with Gasteiger partial charge in [0, 0.05) is 38.6 Å². The topological polar surface area (TPSA) is 65.1 Å². The van der Waals surface area contributed by atoms with E-state index < -0.39 is 0 Å². The van der Waals surface area contributed by atoms with Crippen LogP contribution in [0, 0.1) is 5.92 Å². The highest BCUT2D eigenvalue weighted by molar-refractivity contribution is 5.82. The zero-order chi connectivity index (χ0) is 11.3. The van der Waals surface area contributed by atoms with Crippen LogP contribution in [0.15, 0.2) is 5.16 Å². The van der Waals surface area contributed by atoms with Crippen LogP contribution in [-0.2, 0) is 0 Å². The molecule has 0 aromatic carbocycles. The summed E-state index contributed by atoms with van der Waals surface area (Å²) in [7, 11) is 0. The summed E-state index contributed by atoms with van der Waals surface area (Å²) in [5, 5.41) is 11.6. The number of nitrogens with two attached hydrogens (primary N) is 1. The molecule has 3 N–H and O–H groups in total. The number of rotatable bonds is 4. The predicted molar refractivity (Wildman–Crippen MR) is 61.1 cm³/mol. The van der Waals surface area contributed by atoms with Gasteiger partial charge in [0.25, 0.3) is 0 Å². The molecule has 15 heavy (non-hydrogen) atoms. The molecule has 0 amide bonds. The maximum Gasteiger partial charge on any atom is 0.143 e. The van der Waals surface area contributed by atoms with E-state index in [4.69, 9.17) is 10.9 Å². The Balaban J connectivity index is 2.29. The molecule has 0 bridgehead atoms. The van der Waals surface area contributed by atoms with E-state index in [9.17, 15) is 0 Å². The molecule has 1 aliphatic rings. The van der Waals surface area contributed by atoms with Crippen LogP contribution in [0.25, 0.3) is 0 Å². The molecule has 1 aliphatic heterocycles. The third-order valence-corrected chi connectivity index (χ3v) is 3.06. The molecule has 1 unspecified atom stereocenters. The molecule has 5 nitrogen and oxygen atoms in total. The van der Waals surface area contributed by atoms with Gasteiger partial charge in [-0.15, -0.1) is 0 Å². The number of nitrogens with zero attached hydrogens (tertiary/aromatic N) is 3. The van der Waals surface area contributed by atoms with Gasteiger partial charge in [-0.25, -0.2) is 0 Å². The Labute approximate surface area is 91.5 Å². The summed E-state index contributed by atoms with van der Waals surface area (Å²) in [5.41, 5.74) is 5.55. The van der Waals surface area contributed by atoms with Gasteiger partial charge in [0.05, 0.1) is 0 Å². The van der Waals surface area contributed by atoms with E-state index in [0.717, 1.165) is 39.3 Å². The minimum atomic E-state index is 0.128. The van der Waals surface area contributed by atoms with Gasteiger partial charge in [0.2, 0.25) is 0 Å². The predicted octanol–water partition coefficient (Wildman–Crippen LogP) is 0.00640. The summed E-state index contributed by atoms with van der Waals surface area (Å²) < 4.78 is 0. The molecule has 1 heterocycles. The largest absolute Gasteiger partial charge is 0.409 e. The van der Waals surface area contributed by atoms with Crippen molar-refractivity contribution in [2.75, 3.05) is 39.3 Å². The number of likely N-dealkylation sites (N-methyl/N-ethyl adjacent to an activating group) is 1. The van der Waals surface area contributed by atoms with E-state index >= 15 is 0 Å². The van der Waals surface area contributed by atoms with Gasteiger partial charge in [-0.05, 0) is 6.54 Å². The number of amidine groups is 1. The first-order valence-corrected chi connectivity index (χ1v) is 5.59. The van der Waals surface area contributed by atoms with E-state index in [1.165, 1.54) is 0 Å². The van der Waals surface area contributed by atoms with Crippen LogP contribution in [0.2, 0.25) is 0 Å². The second-order valence-electron chi connectivity index (χ2n) is 4.16. The number of hydrogen-bond donors (Lipinski definition) is 2. The molecule has 0 aromatic rings. The molecule has 1 fully saturated rings. The van der Waals surface area contributed by atoms with Gasteiger partial charge in [-0.3, -0.25) is 0 Å². The first-order valence-electron chi connectivity index (χ1n) is 5.59. The Morgan fingerprint density at radius 3 is 2.33 bits per heavy atom. The molecule has 0 saturated carbocycles. The molecule has 0 aliphatic carbocycles. The van der Waals surface area contributed by atoms with Crippen LogP contribution in [-0.4, -0.2) is 60.1 Å². The van der Waals surface area contributed by atoms with Crippen LogP contribution in [0.4, 0.5) is 0 Å². The molecular weight excluding hydrogens is 192 g/mol. The molecule has 5 heteroatoms. The summed E-state index contributed by atoms with van der Waals surface area (Å²) in [5.74, 6) is 0.455. The highest BCUT2D eigenvalue weighted by Gasteiger charge is 2.18. The minimum Gasteiger partial charge on any atom is -0.409 e. The van der Waals surface area contributed by atoms with E-state index in [-0.39, 0.29) is 5.92 Å². The van der Waals surface area contributed by atoms with E-state index in [1.807, 2.05) is 6.92 Å². The van der Waals surface area contributed by atoms with Crippen LogP contribution >= 0.6 is 0 Å². The lowest BCUT2D eigenvalue weighted by Crippen LogP contribution is -2.48. The third kappa shape index (κ3) is 3.68. The maximum absolute atomic E-state index is 8.55. The fraction of sp³-hybridized carbons (Fsp3) is 0.900. The summed E-state index contributed by atoms with van der Waals surface area (Å²) in [6, 6.07) is 0. The molecule has 88 valence electrons. The molecule has 1 rings (SSSR count). The molecule has 0 radical (unpaired) electrons. The smallest absolute Gasteiger partial charge is 0.143 e. The van der Waals surface area contributed by atoms with Crippen molar-refractivity contribution < 1.29 is 5.21 Å². The van der Waals surface area contributed by atoms with Crippen molar-refractivity contribution in [2.24, 2.45) is 16.8 Å². The van der Waals surface area contributed by atoms with Crippen LogP contribution < -0.4 is 5.73 Å². The van der Waals surface area contributed by atoms with Gasteiger partial charge < -0.3 is 20.7 Å². The normalized spacial score (nSPS) is 22.9. The Bertz CT molecular complexity index is 211. The first kappa shape index (κ1) is 12.3. The molecule has 1 atom stereocenters. The second kappa shape index (κ2) is 5.92. The molecule has 0 aromatic heterocycles. The third-order valence-electron chi connectivity index (χ3n) is 3.06. The van der Waals surface area contributed by atoms with Crippen molar-refractivity contribution in [3.05, 3.63) is 0 Å². The molecule has 0 spiro atoms. The average Bonchev–Trinajstić information content (AvgIpc) is 2.29. The van der Waals surface area contributed by atoms with E-state index in [2.05, 4.69) is 21.9 Å². The van der Waals surface area contributed by atoms with Crippen LogP contribution in [0.1, 0.15) is 13.8 Å². The van der Waals surface area contributed by atoms with Crippen molar-refractivity contribution in [3.8, 4) is 0 Å². The van der Waals surface area contributed by atoms with E-state index in [1.54, 1.807) is 0 Å². The minimum absolute atomic E-state index is 0.128. The van der Waals surface area contributed by atoms with Crippen LogP contribution in [0.5, 0.6) is 0 Å². The number of oxime groups is 1. The standard InChI is InChI=1S/C10H22N4O/c1-3-13-4-6-14(7-5-13)8-9(2)10(11)12-15/h9,15H,3-8H2,1-2H3,(H2,11,12). The molecular formula is C10H22N4O. The van der Waals surface area contributed by atoms with Gasteiger partial charge in [0.1, 0.15) is 5.84 Å². The fourth-order valence-electron chi connectivity index (χ4n) is 1.87. The highest BCUT2D eigenvalue weighted by Crippen LogP contribution is 2.05. The van der Waals surface area contributed by atoms with Crippen molar-refractivity contribution >= 4 is 5.84 Å². The Morgan fingerprint density at radius 2 is 1.87 bits per heavy atom. The van der Waals surface area contributed by atoms with Gasteiger partial charge in [0.15, 0.2) is 0 Å².